The van der Waals surface area contributed by atoms with Crippen LogP contribution in [0.1, 0.15) is 33.3 Å². The van der Waals surface area contributed by atoms with E-state index >= 15 is 0 Å². The highest BCUT2D eigenvalue weighted by atomic mass is 15.2. The number of hydrogen-bond donors (Lipinski definition) is 0. The molecule has 0 fully saturated rings. The van der Waals surface area contributed by atoms with Gasteiger partial charge in [0.05, 0.1) is 6.20 Å². The first-order valence-corrected chi connectivity index (χ1v) is 6.00. The molecule has 0 amide bonds. The van der Waals surface area contributed by atoms with Gasteiger partial charge in [0.25, 0.3) is 0 Å². The summed E-state index contributed by atoms with van der Waals surface area (Å²) >= 11 is 0. The van der Waals surface area contributed by atoms with Crippen LogP contribution in [-0.2, 0) is 7.05 Å². The summed E-state index contributed by atoms with van der Waals surface area (Å²) in [5, 5.41) is 3.99. The number of hydrogen-bond acceptors (Lipinski definition) is 1. The zero-order valence-electron chi connectivity index (χ0n) is 12.5. The largest absolute Gasteiger partial charge is 0.275 e. The summed E-state index contributed by atoms with van der Waals surface area (Å²) < 4.78 is 1.77. The summed E-state index contributed by atoms with van der Waals surface area (Å²) in [7, 11) is 1.90. The van der Waals surface area contributed by atoms with Gasteiger partial charge in [0.2, 0.25) is 0 Å². The summed E-state index contributed by atoms with van der Waals surface area (Å²) in [4.78, 5) is 0. The average Bonchev–Trinajstić information content (AvgIpc) is 2.78. The topological polar surface area (TPSA) is 17.8 Å². The lowest BCUT2D eigenvalue weighted by Gasteiger charge is -1.90. The van der Waals surface area contributed by atoms with E-state index in [-0.39, 0.29) is 0 Å². The van der Waals surface area contributed by atoms with Crippen molar-refractivity contribution >= 4 is 5.57 Å². The predicted molar refractivity (Wildman–Crippen MR) is 83.4 cm³/mol. The van der Waals surface area contributed by atoms with Crippen molar-refractivity contribution in [3.8, 4) is 0 Å². The van der Waals surface area contributed by atoms with Crippen molar-refractivity contribution in [1.29, 1.82) is 0 Å². The molecule has 18 heavy (non-hydrogen) atoms. The Balaban J connectivity index is 0. The molecule has 1 rings (SSSR count). The molecule has 0 atom stereocenters. The number of aromatic nitrogens is 2. The van der Waals surface area contributed by atoms with Crippen LogP contribution in [0.25, 0.3) is 5.57 Å². The van der Waals surface area contributed by atoms with Gasteiger partial charge in [0.1, 0.15) is 0 Å². The number of rotatable bonds is 3. The van der Waals surface area contributed by atoms with Gasteiger partial charge in [-0.15, -0.1) is 0 Å². The minimum atomic E-state index is 0.917. The molecule has 0 spiro atoms. The third-order valence-corrected chi connectivity index (χ3v) is 1.99. The summed E-state index contributed by atoms with van der Waals surface area (Å²) in [6.07, 6.45) is 5.45. The highest BCUT2D eigenvalue weighted by Gasteiger charge is 1.92. The maximum atomic E-state index is 3.99. The van der Waals surface area contributed by atoms with Gasteiger partial charge >= 0.3 is 0 Å². The van der Waals surface area contributed by atoms with Crippen molar-refractivity contribution in [1.82, 2.24) is 9.78 Å². The van der Waals surface area contributed by atoms with Crippen LogP contribution in [0.3, 0.4) is 0 Å². The van der Waals surface area contributed by atoms with E-state index in [0.717, 1.165) is 22.3 Å². The predicted octanol–water partition coefficient (Wildman–Crippen LogP) is 4.78. The SMILES string of the molecule is C=C(C)c1cnn(C)c1.C=CC(=C)C(=C)C.CC. The number of aryl methyl sites for hydroxylation is 1. The van der Waals surface area contributed by atoms with Crippen LogP contribution in [0.4, 0.5) is 0 Å². The molecule has 0 radical (unpaired) electrons. The molecule has 1 aromatic heterocycles. The Morgan fingerprint density at radius 3 is 1.83 bits per heavy atom. The van der Waals surface area contributed by atoms with Crippen LogP contribution in [0.15, 0.2) is 55.9 Å². The maximum absolute atomic E-state index is 3.99. The van der Waals surface area contributed by atoms with Gasteiger partial charge < -0.3 is 0 Å². The van der Waals surface area contributed by atoms with Gasteiger partial charge in [-0.25, -0.2) is 0 Å². The van der Waals surface area contributed by atoms with E-state index in [2.05, 4.69) is 31.4 Å². The molecule has 0 N–H and O–H groups in total. The standard InChI is InChI=1S/C7H10N2.C7H10.C2H6/c1-6(2)7-4-8-9(3)5-7;1-5-7(4)6(2)3;1-2/h4-5H,1H2,2-3H3;5H,1-2,4H2,3H3;1-2H3. The maximum Gasteiger partial charge on any atom is 0.0564 e. The molecule has 2 nitrogen and oxygen atoms in total. The van der Waals surface area contributed by atoms with Gasteiger partial charge in [-0.05, 0) is 25.0 Å². The molecule has 0 aliphatic rings. The third kappa shape index (κ3) is 8.34. The molecule has 0 saturated carbocycles. The molecule has 0 saturated heterocycles. The Labute approximate surface area is 112 Å². The highest BCUT2D eigenvalue weighted by molar-refractivity contribution is 5.59. The van der Waals surface area contributed by atoms with Crippen LogP contribution < -0.4 is 0 Å². The molecule has 0 bridgehead atoms. The van der Waals surface area contributed by atoms with Crippen molar-refractivity contribution in [2.45, 2.75) is 27.7 Å². The monoisotopic (exact) mass is 246 g/mol. The van der Waals surface area contributed by atoms with Gasteiger partial charge in [0, 0.05) is 18.8 Å². The summed E-state index contributed by atoms with van der Waals surface area (Å²) in [6.45, 7) is 22.5. The zero-order valence-corrected chi connectivity index (χ0v) is 12.5. The van der Waals surface area contributed by atoms with Crippen molar-refractivity contribution in [3.63, 3.8) is 0 Å². The van der Waals surface area contributed by atoms with Crippen LogP contribution in [-0.4, -0.2) is 9.78 Å². The van der Waals surface area contributed by atoms with Gasteiger partial charge in [-0.1, -0.05) is 51.8 Å². The molecule has 0 aliphatic heterocycles. The first-order valence-electron chi connectivity index (χ1n) is 6.00. The Morgan fingerprint density at radius 2 is 1.72 bits per heavy atom. The van der Waals surface area contributed by atoms with E-state index in [1.54, 1.807) is 10.8 Å². The van der Waals surface area contributed by atoms with Gasteiger partial charge in [-0.3, -0.25) is 4.68 Å². The molecular formula is C16H26N2. The zero-order chi connectivity index (χ0) is 14.7. The second kappa shape index (κ2) is 10.3. The molecule has 0 aromatic carbocycles. The van der Waals surface area contributed by atoms with Crippen LogP contribution in [0.5, 0.6) is 0 Å². The molecule has 0 unspecified atom stereocenters. The molecular weight excluding hydrogens is 220 g/mol. The van der Waals surface area contributed by atoms with E-state index in [0.29, 0.717) is 0 Å². The molecule has 2 heteroatoms. The second-order valence-electron chi connectivity index (χ2n) is 3.69. The van der Waals surface area contributed by atoms with E-state index in [9.17, 15) is 0 Å². The normalized spacial score (nSPS) is 8.06. The van der Waals surface area contributed by atoms with Crippen LogP contribution >= 0.6 is 0 Å². The molecule has 100 valence electrons. The molecule has 1 aromatic rings. The fourth-order valence-electron chi connectivity index (χ4n) is 0.816. The first kappa shape index (κ1) is 18.5. The van der Waals surface area contributed by atoms with Gasteiger partial charge in [-0.2, -0.15) is 5.10 Å². The lowest BCUT2D eigenvalue weighted by molar-refractivity contribution is 0.767. The average molecular weight is 246 g/mol. The molecule has 0 aliphatic carbocycles. The number of nitrogens with zero attached hydrogens (tertiary/aromatic N) is 2. The van der Waals surface area contributed by atoms with Crippen molar-refractivity contribution < 1.29 is 0 Å². The summed E-state index contributed by atoms with van der Waals surface area (Å²) in [5.41, 5.74) is 4.07. The Hall–Kier alpha value is -1.83. The molecule has 1 heterocycles. The summed E-state index contributed by atoms with van der Waals surface area (Å²) in [5.74, 6) is 0. The summed E-state index contributed by atoms with van der Waals surface area (Å²) in [6, 6.07) is 0. The van der Waals surface area contributed by atoms with Gasteiger partial charge in [0.15, 0.2) is 0 Å². The fourth-order valence-corrected chi connectivity index (χ4v) is 0.816. The minimum Gasteiger partial charge on any atom is -0.275 e. The van der Waals surface area contributed by atoms with E-state index in [4.69, 9.17) is 0 Å². The van der Waals surface area contributed by atoms with E-state index in [1.165, 1.54) is 0 Å². The Morgan fingerprint density at radius 1 is 1.22 bits per heavy atom. The lowest BCUT2D eigenvalue weighted by Crippen LogP contribution is -1.84. The van der Waals surface area contributed by atoms with Crippen molar-refractivity contribution in [2.75, 3.05) is 0 Å². The quantitative estimate of drug-likeness (QED) is 0.701. The Bertz CT molecular complexity index is 408. The first-order chi connectivity index (χ1) is 8.38. The van der Waals surface area contributed by atoms with Crippen LogP contribution in [0, 0.1) is 0 Å². The Kier molecular flexibility index (Phi) is 10.6. The smallest absolute Gasteiger partial charge is 0.0564 e. The van der Waals surface area contributed by atoms with E-state index in [1.807, 2.05) is 47.1 Å². The van der Waals surface area contributed by atoms with Crippen molar-refractivity contribution in [2.24, 2.45) is 7.05 Å². The van der Waals surface area contributed by atoms with Crippen LogP contribution in [0.2, 0.25) is 0 Å². The third-order valence-electron chi connectivity index (χ3n) is 1.99. The van der Waals surface area contributed by atoms with E-state index < -0.39 is 0 Å². The lowest BCUT2D eigenvalue weighted by atomic mass is 10.2. The highest BCUT2D eigenvalue weighted by Crippen LogP contribution is 2.07. The fraction of sp³-hybridized carbons (Fsp3) is 0.312. The second-order valence-corrected chi connectivity index (χ2v) is 3.69. The number of allylic oxidation sites excluding steroid dienone is 4. The van der Waals surface area contributed by atoms with Crippen molar-refractivity contribution in [3.05, 3.63) is 61.5 Å². The minimum absolute atomic E-state index is 0.917.